The third kappa shape index (κ3) is 22.5. The van der Waals surface area contributed by atoms with Crippen LogP contribution in [0.3, 0.4) is 0 Å². The molecule has 0 fully saturated rings. The average Bonchev–Trinajstić information content (AvgIpc) is 0.767. The van der Waals surface area contributed by atoms with Crippen LogP contribution in [-0.2, 0) is 0 Å². The number of hydrogen-bond acceptors (Lipinski definition) is 2. The van der Waals surface area contributed by atoms with E-state index in [-0.39, 0.29) is 0 Å². The minimum Gasteiger partial charge on any atom is -0.372 e. The van der Waals surface area contributed by atoms with Crippen molar-refractivity contribution >= 4 is 54.5 Å². The first-order valence-electron chi connectivity index (χ1n) is 38.3. The van der Waals surface area contributed by atoms with Crippen LogP contribution in [0.4, 0.5) is 11.4 Å². The molecule has 0 saturated carbocycles. The zero-order chi connectivity index (χ0) is 66.5. The van der Waals surface area contributed by atoms with Gasteiger partial charge in [-0.2, -0.15) is 0 Å². The second kappa shape index (κ2) is 41.7. The highest BCUT2D eigenvalue weighted by atomic mass is 15.1. The molecule has 0 saturated heterocycles. The van der Waals surface area contributed by atoms with Gasteiger partial charge >= 0.3 is 0 Å². The Kier molecular flexibility index (Phi) is 31.4. The maximum absolute atomic E-state index is 3.69. The summed E-state index contributed by atoms with van der Waals surface area (Å²) in [5, 5.41) is 8.95. The lowest BCUT2D eigenvalue weighted by atomic mass is 9.91. The van der Waals surface area contributed by atoms with E-state index in [0.29, 0.717) is 0 Å². The van der Waals surface area contributed by atoms with Gasteiger partial charge in [0, 0.05) is 82.1 Å². The highest BCUT2D eigenvalue weighted by Gasteiger charge is 2.15. The molecule has 0 aromatic heterocycles. The molecule has 0 aliphatic rings. The molecule has 0 aliphatic heterocycles. The molecule has 0 unspecified atom stereocenters. The molecule has 0 atom stereocenters. The molecule has 498 valence electrons. The van der Waals surface area contributed by atoms with Crippen molar-refractivity contribution in [1.82, 2.24) is 0 Å². The normalized spacial score (nSPS) is 11.0. The van der Waals surface area contributed by atoms with E-state index in [2.05, 4.69) is 255 Å². The van der Waals surface area contributed by atoms with Crippen LogP contribution in [0.15, 0.2) is 170 Å². The number of unbranched alkanes of at least 4 members (excludes halogenated alkanes) is 28. The molecular formula is C94H112N2. The van der Waals surface area contributed by atoms with E-state index in [1.807, 2.05) is 0 Å². The van der Waals surface area contributed by atoms with Crippen LogP contribution in [-0.4, -0.2) is 26.2 Å². The van der Waals surface area contributed by atoms with Crippen LogP contribution < -0.4 is 9.80 Å². The molecule has 0 aliphatic carbocycles. The Morgan fingerprint density at radius 3 is 0.542 bits per heavy atom. The van der Waals surface area contributed by atoms with Gasteiger partial charge in [0.25, 0.3) is 0 Å². The van der Waals surface area contributed by atoms with E-state index in [1.54, 1.807) is 0 Å². The molecule has 96 heavy (non-hydrogen) atoms. The molecule has 2 heteroatoms. The summed E-state index contributed by atoms with van der Waals surface area (Å²) in [5.41, 5.74) is 10.7. The molecule has 0 amide bonds. The first kappa shape index (κ1) is 72.1. The molecule has 0 spiro atoms. The minimum absolute atomic E-state index is 0.943. The Morgan fingerprint density at radius 2 is 0.354 bits per heavy atom. The van der Waals surface area contributed by atoms with Crippen molar-refractivity contribution in [3.8, 4) is 47.4 Å². The Hall–Kier alpha value is -8.14. The molecule has 0 heterocycles. The summed E-state index contributed by atoms with van der Waals surface area (Å²) in [5.74, 6) is 29.0. The number of fused-ring (bicyclic) bond motifs is 4. The van der Waals surface area contributed by atoms with Gasteiger partial charge in [-0.05, 0) is 142 Å². The summed E-state index contributed by atoms with van der Waals surface area (Å²) in [6.45, 7) is 13.7. The fraction of sp³-hybridized carbons (Fsp3) is 0.426. The van der Waals surface area contributed by atoms with Crippen LogP contribution in [0.25, 0.3) is 43.1 Å². The third-order valence-electron chi connectivity index (χ3n) is 19.7. The van der Waals surface area contributed by atoms with E-state index in [0.717, 1.165) is 114 Å². The number of benzene rings is 9. The number of rotatable bonds is 38. The van der Waals surface area contributed by atoms with E-state index in [9.17, 15) is 0 Å². The van der Waals surface area contributed by atoms with Crippen molar-refractivity contribution in [3.63, 3.8) is 0 Å². The maximum atomic E-state index is 3.69. The SMILES string of the molecule is CCCCCCCCCCN(CCCCCCCCCC)c1ccc(C#Cc2c3ccccc3c(C#Cc3ccc(C#Cc4c5ccccc5c(C#Cc5ccc(N(CCCCCCCCCC)CCCCCCCCCC)cc5)c5ccccc45)cc3)c3ccccc23)cc1. The highest BCUT2D eigenvalue weighted by molar-refractivity contribution is 6.11. The van der Waals surface area contributed by atoms with E-state index < -0.39 is 0 Å². The summed E-state index contributed by atoms with van der Waals surface area (Å²) >= 11 is 0. The molecule has 9 aromatic rings. The summed E-state index contributed by atoms with van der Waals surface area (Å²) in [4.78, 5) is 5.30. The van der Waals surface area contributed by atoms with Crippen molar-refractivity contribution in [1.29, 1.82) is 0 Å². The topological polar surface area (TPSA) is 6.48 Å². The van der Waals surface area contributed by atoms with Crippen molar-refractivity contribution in [2.45, 2.75) is 233 Å². The summed E-state index contributed by atoms with van der Waals surface area (Å²) in [6.07, 6.45) is 43.0. The predicted octanol–water partition coefficient (Wildman–Crippen LogP) is 26.1. The Morgan fingerprint density at radius 1 is 0.188 bits per heavy atom. The van der Waals surface area contributed by atoms with Gasteiger partial charge < -0.3 is 9.80 Å². The largest absolute Gasteiger partial charge is 0.372 e. The molecule has 0 N–H and O–H groups in total. The molecule has 2 nitrogen and oxygen atoms in total. The van der Waals surface area contributed by atoms with Gasteiger partial charge in [-0.15, -0.1) is 0 Å². The third-order valence-corrected chi connectivity index (χ3v) is 19.7. The van der Waals surface area contributed by atoms with Crippen molar-refractivity contribution in [2.24, 2.45) is 0 Å². The number of anilines is 2. The van der Waals surface area contributed by atoms with Crippen molar-refractivity contribution < 1.29 is 0 Å². The summed E-state index contributed by atoms with van der Waals surface area (Å²) < 4.78 is 0. The van der Waals surface area contributed by atoms with Gasteiger partial charge in [0.15, 0.2) is 0 Å². The van der Waals surface area contributed by atoms with Crippen molar-refractivity contribution in [2.75, 3.05) is 36.0 Å². The molecule has 0 radical (unpaired) electrons. The lowest BCUT2D eigenvalue weighted by Gasteiger charge is -2.25. The minimum atomic E-state index is 0.943. The van der Waals surface area contributed by atoms with Crippen LogP contribution in [0.1, 0.15) is 278 Å². The first-order valence-corrected chi connectivity index (χ1v) is 38.3. The quantitative estimate of drug-likeness (QED) is 0.0216. The zero-order valence-electron chi connectivity index (χ0n) is 59.5. The Labute approximate surface area is 581 Å². The van der Waals surface area contributed by atoms with Crippen LogP contribution in [0, 0.1) is 47.4 Å². The van der Waals surface area contributed by atoms with Gasteiger partial charge in [0.2, 0.25) is 0 Å². The zero-order valence-corrected chi connectivity index (χ0v) is 59.5. The van der Waals surface area contributed by atoms with E-state index >= 15 is 0 Å². The molecule has 9 aromatic carbocycles. The molecular weight excluding hydrogens is 1160 g/mol. The van der Waals surface area contributed by atoms with E-state index in [4.69, 9.17) is 0 Å². The van der Waals surface area contributed by atoms with Gasteiger partial charge in [-0.1, -0.05) is 352 Å². The Balaban J connectivity index is 0.891. The summed E-state index contributed by atoms with van der Waals surface area (Å²) in [7, 11) is 0. The fourth-order valence-electron chi connectivity index (χ4n) is 14.0. The Bertz CT molecular complexity index is 3620. The van der Waals surface area contributed by atoms with E-state index in [1.165, 1.54) is 217 Å². The highest BCUT2D eigenvalue weighted by Crippen LogP contribution is 2.35. The van der Waals surface area contributed by atoms with Gasteiger partial charge in [-0.25, -0.2) is 0 Å². The number of nitrogens with zero attached hydrogens (tertiary/aromatic N) is 2. The fourth-order valence-corrected chi connectivity index (χ4v) is 14.0. The van der Waals surface area contributed by atoms with Crippen molar-refractivity contribution in [3.05, 3.63) is 214 Å². The van der Waals surface area contributed by atoms with Crippen LogP contribution in [0.2, 0.25) is 0 Å². The van der Waals surface area contributed by atoms with Gasteiger partial charge in [-0.3, -0.25) is 0 Å². The monoisotopic (exact) mass is 1270 g/mol. The lowest BCUT2D eigenvalue weighted by molar-refractivity contribution is 0.555. The van der Waals surface area contributed by atoms with Gasteiger partial charge in [0.05, 0.1) is 0 Å². The molecule has 9 rings (SSSR count). The number of hydrogen-bond donors (Lipinski definition) is 0. The van der Waals surface area contributed by atoms with Gasteiger partial charge in [0.1, 0.15) is 0 Å². The first-order chi connectivity index (χ1) is 47.6. The second-order valence-corrected chi connectivity index (χ2v) is 27.2. The smallest absolute Gasteiger partial charge is 0.0406 e. The van der Waals surface area contributed by atoms with Crippen LogP contribution >= 0.6 is 0 Å². The molecule has 0 bridgehead atoms. The lowest BCUT2D eigenvalue weighted by Crippen LogP contribution is -2.25. The standard InChI is InChI=1S/C94H112N2/c1-5-9-13-17-21-25-29-41-73-95(74-42-30-26-22-18-14-10-6-2)81-65-57-79(58-66-81)63-71-93-87-49-37-33-45-83(87)91(84-46-34-38-50-88(84)93)69-61-77-53-55-78(56-54-77)62-70-92-85-47-35-39-51-89(85)94(90-52-40-36-48-86(90)92)72-64-80-59-67-82(68-60-80)96(75-43-31-27-23-19-15-11-7-3)76-44-32-28-24-20-16-12-8-4/h33-40,45-60,65-68H,5-32,41-44,73-76H2,1-4H3. The maximum Gasteiger partial charge on any atom is 0.0406 e. The van der Waals surface area contributed by atoms with Crippen LogP contribution in [0.5, 0.6) is 0 Å². The summed E-state index contributed by atoms with van der Waals surface area (Å²) in [6, 6.07) is 61.2. The second-order valence-electron chi connectivity index (χ2n) is 27.2. The predicted molar refractivity (Wildman–Crippen MR) is 421 cm³/mol. The average molecular weight is 1270 g/mol.